The number of allylic oxidation sites excluding steroid dienone is 1. The van der Waals surface area contributed by atoms with Crippen molar-refractivity contribution < 1.29 is 10.2 Å². The number of aliphatic hydroxyl groups excluding tert-OH is 2. The summed E-state index contributed by atoms with van der Waals surface area (Å²) in [6.45, 7) is 15.1. The Kier molecular flexibility index (Phi) is 9.05. The van der Waals surface area contributed by atoms with Gasteiger partial charge in [0.2, 0.25) is 0 Å². The summed E-state index contributed by atoms with van der Waals surface area (Å²) < 4.78 is 2.68. The van der Waals surface area contributed by atoms with Crippen molar-refractivity contribution in [2.75, 3.05) is 0 Å². The highest BCUT2D eigenvalue weighted by Crippen LogP contribution is 2.27. The van der Waals surface area contributed by atoms with Crippen LogP contribution >= 0.6 is 0 Å². The third-order valence-electron chi connectivity index (χ3n) is 5.97. The van der Waals surface area contributed by atoms with E-state index in [9.17, 15) is 24.6 Å². The van der Waals surface area contributed by atoms with Crippen LogP contribution in [0.5, 0.6) is 0 Å². The molecular formula is C22H39N3O5. The van der Waals surface area contributed by atoms with Gasteiger partial charge in [-0.3, -0.25) is 0 Å². The number of nitrogens with zero attached hydrogens (tertiary/aromatic N) is 3. The quantitative estimate of drug-likeness (QED) is 0.496. The van der Waals surface area contributed by atoms with E-state index in [0.717, 1.165) is 26.5 Å². The zero-order valence-corrected chi connectivity index (χ0v) is 19.3. The van der Waals surface area contributed by atoms with Crippen molar-refractivity contribution in [2.24, 2.45) is 10.8 Å². The van der Waals surface area contributed by atoms with Crippen molar-refractivity contribution >= 4 is 0 Å². The van der Waals surface area contributed by atoms with Crippen LogP contribution in [0, 0.1) is 10.8 Å². The van der Waals surface area contributed by atoms with Gasteiger partial charge in [-0.05, 0) is 23.7 Å². The molecule has 0 radical (unpaired) electrons. The highest BCUT2D eigenvalue weighted by molar-refractivity contribution is 4.85. The largest absolute Gasteiger partial charge is 0.391 e. The minimum Gasteiger partial charge on any atom is -0.391 e. The number of aromatic nitrogens is 3. The zero-order valence-electron chi connectivity index (χ0n) is 19.3. The average molecular weight is 426 g/mol. The minimum absolute atomic E-state index is 0.0644. The van der Waals surface area contributed by atoms with Crippen LogP contribution in [-0.2, 0) is 19.6 Å². The van der Waals surface area contributed by atoms with E-state index in [4.69, 9.17) is 0 Å². The summed E-state index contributed by atoms with van der Waals surface area (Å²) in [5.41, 5.74) is -2.68. The molecule has 0 saturated heterocycles. The fraction of sp³-hybridized carbons (Fsp3) is 0.773. The standard InChI is InChI=1S/C22H39N3O5/c1-8-11-23-18(28)24(14-16(26)12-21(4,5)9-2)20(30)25(19(23)29)15-17(27)13-22(6,7)10-3/h8,16-17,26-27H,1,9-15H2,2-7H3. The molecule has 0 bridgehead atoms. The van der Waals surface area contributed by atoms with Crippen molar-refractivity contribution in [3.05, 3.63) is 44.1 Å². The van der Waals surface area contributed by atoms with Crippen molar-refractivity contribution in [3.8, 4) is 0 Å². The van der Waals surface area contributed by atoms with Gasteiger partial charge in [0.1, 0.15) is 0 Å². The van der Waals surface area contributed by atoms with Crippen LogP contribution in [0.1, 0.15) is 67.2 Å². The van der Waals surface area contributed by atoms with Gasteiger partial charge in [-0.25, -0.2) is 28.1 Å². The van der Waals surface area contributed by atoms with Gasteiger partial charge in [0, 0.05) is 0 Å². The molecule has 0 aliphatic rings. The van der Waals surface area contributed by atoms with Gasteiger partial charge >= 0.3 is 17.1 Å². The first-order valence-electron chi connectivity index (χ1n) is 10.7. The van der Waals surface area contributed by atoms with Crippen LogP contribution < -0.4 is 17.1 Å². The predicted molar refractivity (Wildman–Crippen MR) is 119 cm³/mol. The molecule has 1 heterocycles. The highest BCUT2D eigenvalue weighted by atomic mass is 16.3. The number of hydrogen-bond donors (Lipinski definition) is 2. The molecule has 0 amide bonds. The van der Waals surface area contributed by atoms with Crippen LogP contribution in [0.15, 0.2) is 27.0 Å². The summed E-state index contributed by atoms with van der Waals surface area (Å²) in [4.78, 5) is 38.5. The first-order valence-corrected chi connectivity index (χ1v) is 10.7. The Balaban J connectivity index is 3.39. The van der Waals surface area contributed by atoms with E-state index in [0.29, 0.717) is 12.8 Å². The fourth-order valence-corrected chi connectivity index (χ4v) is 3.40. The van der Waals surface area contributed by atoms with Crippen molar-refractivity contribution in [3.63, 3.8) is 0 Å². The maximum absolute atomic E-state index is 13.0. The second-order valence-electron chi connectivity index (χ2n) is 9.72. The molecule has 0 aliphatic heterocycles. The van der Waals surface area contributed by atoms with Crippen LogP contribution in [0.2, 0.25) is 0 Å². The topological polar surface area (TPSA) is 106 Å². The Hall–Kier alpha value is -1.93. The Morgan fingerprint density at radius 1 is 0.800 bits per heavy atom. The molecule has 8 heteroatoms. The van der Waals surface area contributed by atoms with Gasteiger partial charge in [0.25, 0.3) is 0 Å². The molecule has 2 atom stereocenters. The lowest BCUT2D eigenvalue weighted by Gasteiger charge is -2.27. The van der Waals surface area contributed by atoms with E-state index in [-0.39, 0.29) is 30.5 Å². The molecule has 8 nitrogen and oxygen atoms in total. The fourth-order valence-electron chi connectivity index (χ4n) is 3.40. The first-order chi connectivity index (χ1) is 13.8. The second kappa shape index (κ2) is 10.4. The molecule has 1 rings (SSSR count). The summed E-state index contributed by atoms with van der Waals surface area (Å²) in [6, 6.07) is 0. The van der Waals surface area contributed by atoms with Gasteiger partial charge in [0.05, 0.1) is 31.8 Å². The van der Waals surface area contributed by atoms with Gasteiger partial charge in [-0.15, -0.1) is 6.58 Å². The van der Waals surface area contributed by atoms with Crippen molar-refractivity contribution in [2.45, 2.75) is 99.1 Å². The van der Waals surface area contributed by atoms with Crippen molar-refractivity contribution in [1.82, 2.24) is 13.7 Å². The lowest BCUT2D eigenvalue weighted by Crippen LogP contribution is -2.56. The Labute approximate surface area is 178 Å². The zero-order chi connectivity index (χ0) is 23.3. The van der Waals surface area contributed by atoms with Crippen molar-refractivity contribution in [1.29, 1.82) is 0 Å². The Bertz CT molecular complexity index is 827. The van der Waals surface area contributed by atoms with E-state index < -0.39 is 29.3 Å². The SMILES string of the molecule is C=CCn1c(=O)n(CC(O)CC(C)(C)CC)c(=O)n(CC(O)CC(C)(C)CC)c1=O. The molecule has 1 aromatic rings. The smallest absolute Gasteiger partial charge is 0.336 e. The third kappa shape index (κ3) is 6.80. The van der Waals surface area contributed by atoms with E-state index in [2.05, 4.69) is 6.58 Å². The summed E-state index contributed by atoms with van der Waals surface area (Å²) >= 11 is 0. The highest BCUT2D eigenvalue weighted by Gasteiger charge is 2.25. The Morgan fingerprint density at radius 3 is 1.43 bits per heavy atom. The number of aliphatic hydroxyl groups is 2. The van der Waals surface area contributed by atoms with Crippen LogP contribution in [0.3, 0.4) is 0 Å². The molecule has 1 aromatic heterocycles. The summed E-state index contributed by atoms with van der Waals surface area (Å²) in [5, 5.41) is 21.0. The molecule has 0 fully saturated rings. The molecule has 172 valence electrons. The third-order valence-corrected chi connectivity index (χ3v) is 5.97. The lowest BCUT2D eigenvalue weighted by atomic mass is 9.84. The maximum atomic E-state index is 13.0. The maximum Gasteiger partial charge on any atom is 0.336 e. The van der Waals surface area contributed by atoms with E-state index in [1.807, 2.05) is 41.5 Å². The second-order valence-corrected chi connectivity index (χ2v) is 9.72. The van der Waals surface area contributed by atoms with Gasteiger partial charge in [-0.1, -0.05) is 60.5 Å². The van der Waals surface area contributed by atoms with E-state index in [1.54, 1.807) is 0 Å². The summed E-state index contributed by atoms with van der Waals surface area (Å²) in [7, 11) is 0. The molecule has 2 unspecified atom stereocenters. The summed E-state index contributed by atoms with van der Waals surface area (Å²) in [5.74, 6) is 0. The van der Waals surface area contributed by atoms with Gasteiger partial charge in [-0.2, -0.15) is 0 Å². The van der Waals surface area contributed by atoms with Crippen LogP contribution in [-0.4, -0.2) is 36.1 Å². The van der Waals surface area contributed by atoms with Gasteiger partial charge < -0.3 is 10.2 Å². The van der Waals surface area contributed by atoms with E-state index in [1.165, 1.54) is 6.08 Å². The number of rotatable bonds is 12. The minimum atomic E-state index is -0.919. The molecular weight excluding hydrogens is 386 g/mol. The molecule has 0 saturated carbocycles. The normalized spacial score (nSPS) is 14.5. The van der Waals surface area contributed by atoms with Gasteiger partial charge in [0.15, 0.2) is 0 Å². The average Bonchev–Trinajstić information content (AvgIpc) is 2.65. The van der Waals surface area contributed by atoms with Crippen LogP contribution in [0.4, 0.5) is 0 Å². The molecule has 30 heavy (non-hydrogen) atoms. The molecule has 0 aromatic carbocycles. The summed E-state index contributed by atoms with van der Waals surface area (Å²) in [6.07, 6.45) is 2.04. The Morgan fingerprint density at radius 2 is 1.13 bits per heavy atom. The molecule has 0 aliphatic carbocycles. The first kappa shape index (κ1) is 26.1. The molecule has 2 N–H and O–H groups in total. The monoisotopic (exact) mass is 425 g/mol. The lowest BCUT2D eigenvalue weighted by molar-refractivity contribution is 0.0852. The molecule has 0 spiro atoms. The van der Waals surface area contributed by atoms with Crippen LogP contribution in [0.25, 0.3) is 0 Å². The number of hydrogen-bond acceptors (Lipinski definition) is 5. The predicted octanol–water partition coefficient (Wildman–Crippen LogP) is 1.73. The van der Waals surface area contributed by atoms with E-state index >= 15 is 0 Å².